The van der Waals surface area contributed by atoms with Gasteiger partial charge in [0, 0.05) is 12.1 Å². The third kappa shape index (κ3) is 1.16. The van der Waals surface area contributed by atoms with Crippen LogP contribution >= 0.6 is 0 Å². The highest BCUT2D eigenvalue weighted by atomic mass is 16.4. The number of fused-ring (bicyclic) bond motifs is 1. The van der Waals surface area contributed by atoms with Crippen LogP contribution in [-0.2, 0) is 0 Å². The Bertz CT molecular complexity index is 434. The summed E-state index contributed by atoms with van der Waals surface area (Å²) in [6.45, 7) is 0.575. The minimum atomic E-state index is -0.870. The smallest absolute Gasteiger partial charge is 0.407 e. The summed E-state index contributed by atoms with van der Waals surface area (Å²) in [7, 11) is 0. The largest absolute Gasteiger partial charge is 0.465 e. The zero-order chi connectivity index (χ0) is 11.3. The van der Waals surface area contributed by atoms with Crippen LogP contribution in [0.2, 0.25) is 0 Å². The van der Waals surface area contributed by atoms with E-state index in [4.69, 9.17) is 10.8 Å². The van der Waals surface area contributed by atoms with Gasteiger partial charge in [-0.1, -0.05) is 30.3 Å². The fourth-order valence-corrected chi connectivity index (χ4v) is 2.88. The van der Waals surface area contributed by atoms with Gasteiger partial charge in [0.2, 0.25) is 0 Å². The van der Waals surface area contributed by atoms with E-state index in [1.165, 1.54) is 4.90 Å². The van der Waals surface area contributed by atoms with Gasteiger partial charge in [0.15, 0.2) is 0 Å². The highest BCUT2D eigenvalue weighted by Gasteiger charge is 2.65. The summed E-state index contributed by atoms with van der Waals surface area (Å²) in [4.78, 5) is 12.6. The van der Waals surface area contributed by atoms with E-state index in [0.29, 0.717) is 12.5 Å². The highest BCUT2D eigenvalue weighted by Crippen LogP contribution is 2.58. The van der Waals surface area contributed by atoms with Gasteiger partial charge in [-0.15, -0.1) is 0 Å². The van der Waals surface area contributed by atoms with Gasteiger partial charge in [-0.3, -0.25) is 4.90 Å². The maximum Gasteiger partial charge on any atom is 0.407 e. The van der Waals surface area contributed by atoms with E-state index < -0.39 is 6.09 Å². The number of hydrogen-bond acceptors (Lipinski definition) is 2. The maximum absolute atomic E-state index is 11.2. The van der Waals surface area contributed by atoms with Crippen LogP contribution in [0.1, 0.15) is 18.0 Å². The second kappa shape index (κ2) is 2.98. The number of likely N-dealkylation sites (tertiary alicyclic amines) is 1. The van der Waals surface area contributed by atoms with Crippen molar-refractivity contribution in [1.29, 1.82) is 0 Å². The molecule has 4 nitrogen and oxygen atoms in total. The van der Waals surface area contributed by atoms with Crippen LogP contribution in [0.4, 0.5) is 4.79 Å². The van der Waals surface area contributed by atoms with Gasteiger partial charge in [0.05, 0.1) is 6.04 Å². The Morgan fingerprint density at radius 3 is 2.75 bits per heavy atom. The van der Waals surface area contributed by atoms with E-state index >= 15 is 0 Å². The van der Waals surface area contributed by atoms with Crippen molar-refractivity contribution in [2.24, 2.45) is 11.7 Å². The molecule has 1 amide bonds. The van der Waals surface area contributed by atoms with Gasteiger partial charge in [-0.2, -0.15) is 0 Å². The Hall–Kier alpha value is -1.55. The molecule has 0 aromatic heterocycles. The molecule has 1 aliphatic carbocycles. The lowest BCUT2D eigenvalue weighted by atomic mass is 9.98. The lowest BCUT2D eigenvalue weighted by Gasteiger charge is -2.28. The summed E-state index contributed by atoms with van der Waals surface area (Å²) in [5.74, 6) is 0.341. The molecule has 1 heterocycles. The number of amides is 1. The van der Waals surface area contributed by atoms with Crippen LogP contribution in [0.5, 0.6) is 0 Å². The fourth-order valence-electron chi connectivity index (χ4n) is 2.88. The lowest BCUT2D eigenvalue weighted by Crippen LogP contribution is -2.40. The molecule has 3 rings (SSSR count). The molecule has 16 heavy (non-hydrogen) atoms. The second-order valence-corrected chi connectivity index (χ2v) is 4.76. The van der Waals surface area contributed by atoms with Crippen LogP contribution in [-0.4, -0.2) is 28.2 Å². The van der Waals surface area contributed by atoms with Crippen LogP contribution in [0, 0.1) is 5.92 Å². The molecule has 3 N–H and O–H groups in total. The fraction of sp³-hybridized carbons (Fsp3) is 0.417. The Labute approximate surface area is 93.7 Å². The number of rotatable bonds is 1. The predicted molar refractivity (Wildman–Crippen MR) is 58.9 cm³/mol. The maximum atomic E-state index is 11.2. The Morgan fingerprint density at radius 1 is 1.44 bits per heavy atom. The van der Waals surface area contributed by atoms with Crippen molar-refractivity contribution in [3.63, 3.8) is 0 Å². The molecular formula is C12H14N2O2. The minimum Gasteiger partial charge on any atom is -0.465 e. The van der Waals surface area contributed by atoms with Gasteiger partial charge in [-0.25, -0.2) is 4.79 Å². The highest BCUT2D eigenvalue weighted by molar-refractivity contribution is 5.68. The molecule has 1 aliphatic heterocycles. The molecule has 2 aliphatic rings. The number of nitrogens with zero attached hydrogens (tertiary/aromatic N) is 1. The van der Waals surface area contributed by atoms with Gasteiger partial charge >= 0.3 is 6.09 Å². The van der Waals surface area contributed by atoms with Gasteiger partial charge in [-0.05, 0) is 17.9 Å². The van der Waals surface area contributed by atoms with Gasteiger partial charge < -0.3 is 10.8 Å². The number of benzene rings is 1. The zero-order valence-electron chi connectivity index (χ0n) is 8.84. The average Bonchev–Trinajstić information content (AvgIpc) is 2.82. The number of hydrogen-bond donors (Lipinski definition) is 2. The normalized spacial score (nSPS) is 35.9. The summed E-state index contributed by atoms with van der Waals surface area (Å²) < 4.78 is 0. The monoisotopic (exact) mass is 218 g/mol. The molecule has 1 aromatic rings. The molecule has 1 saturated heterocycles. The molecule has 0 radical (unpaired) electrons. The third-order valence-electron chi connectivity index (χ3n) is 3.80. The van der Waals surface area contributed by atoms with Crippen LogP contribution < -0.4 is 5.73 Å². The van der Waals surface area contributed by atoms with Gasteiger partial charge in [0.25, 0.3) is 0 Å². The molecule has 1 aromatic carbocycles. The topological polar surface area (TPSA) is 66.6 Å². The zero-order valence-corrected chi connectivity index (χ0v) is 8.84. The van der Waals surface area contributed by atoms with Gasteiger partial charge in [0.1, 0.15) is 0 Å². The van der Waals surface area contributed by atoms with Crippen molar-refractivity contribution in [3.05, 3.63) is 35.9 Å². The summed E-state index contributed by atoms with van der Waals surface area (Å²) in [6, 6.07) is 9.52. The summed E-state index contributed by atoms with van der Waals surface area (Å²) in [5, 5.41) is 9.17. The van der Waals surface area contributed by atoms with E-state index in [1.54, 1.807) is 0 Å². The SMILES string of the molecule is N[C@@]12CC1CN(C(=O)O)[C@H]2c1ccccc1. The first kappa shape index (κ1) is 9.66. The first-order chi connectivity index (χ1) is 7.63. The Morgan fingerprint density at radius 2 is 2.12 bits per heavy atom. The van der Waals surface area contributed by atoms with Crippen molar-refractivity contribution in [1.82, 2.24) is 4.90 Å². The molecule has 0 bridgehead atoms. The standard InChI is InChI=1S/C12H14N2O2/c13-12-6-9(12)7-14(11(15)16)10(12)8-4-2-1-3-5-8/h1-5,9-10H,6-7,13H2,(H,15,16)/t9?,10-,12-/m0/s1. The molecule has 1 unspecified atom stereocenters. The minimum absolute atomic E-state index is 0.170. The molecule has 84 valence electrons. The molecule has 4 heteroatoms. The molecule has 1 saturated carbocycles. The summed E-state index contributed by atoms with van der Waals surface area (Å²) in [6.07, 6.45) is 0.0713. The predicted octanol–water partition coefficient (Wildman–Crippen LogP) is 1.44. The van der Waals surface area contributed by atoms with E-state index in [1.807, 2.05) is 30.3 Å². The van der Waals surface area contributed by atoms with Crippen LogP contribution in [0.3, 0.4) is 0 Å². The number of carbonyl (C=O) groups is 1. The molecule has 3 atom stereocenters. The molecule has 0 spiro atoms. The van der Waals surface area contributed by atoms with Crippen molar-refractivity contribution >= 4 is 6.09 Å². The molecular weight excluding hydrogens is 204 g/mol. The molecule has 2 fully saturated rings. The van der Waals surface area contributed by atoms with Crippen molar-refractivity contribution in [2.75, 3.05) is 6.54 Å². The average molecular weight is 218 g/mol. The van der Waals surface area contributed by atoms with E-state index in [0.717, 1.165) is 12.0 Å². The first-order valence-electron chi connectivity index (χ1n) is 5.46. The van der Waals surface area contributed by atoms with E-state index in [2.05, 4.69) is 0 Å². The van der Waals surface area contributed by atoms with Crippen LogP contribution in [0.15, 0.2) is 30.3 Å². The lowest BCUT2D eigenvalue weighted by molar-refractivity contribution is 0.129. The van der Waals surface area contributed by atoms with Crippen molar-refractivity contribution in [3.8, 4) is 0 Å². The van der Waals surface area contributed by atoms with Crippen LogP contribution in [0.25, 0.3) is 0 Å². The Balaban J connectivity index is 2.00. The van der Waals surface area contributed by atoms with Crippen molar-refractivity contribution in [2.45, 2.75) is 18.0 Å². The second-order valence-electron chi connectivity index (χ2n) is 4.76. The number of nitrogens with two attached hydrogens (primary N) is 1. The van der Waals surface area contributed by atoms with E-state index in [-0.39, 0.29) is 11.6 Å². The first-order valence-corrected chi connectivity index (χ1v) is 5.46. The van der Waals surface area contributed by atoms with E-state index in [9.17, 15) is 4.79 Å². The third-order valence-corrected chi connectivity index (χ3v) is 3.80. The van der Waals surface area contributed by atoms with Crippen molar-refractivity contribution < 1.29 is 9.90 Å². The summed E-state index contributed by atoms with van der Waals surface area (Å²) in [5.41, 5.74) is 6.94. The Kier molecular flexibility index (Phi) is 1.80. The summed E-state index contributed by atoms with van der Waals surface area (Å²) >= 11 is 0. The number of carboxylic acid groups (broad SMARTS) is 1. The number of piperidine rings is 1. The quantitative estimate of drug-likeness (QED) is 0.749.